The molecule has 6 nitrogen and oxygen atoms in total. The number of rotatable bonds is 5. The summed E-state index contributed by atoms with van der Waals surface area (Å²) in [4.78, 5) is 9.00. The Balaban J connectivity index is 3.67. The second-order valence-corrected chi connectivity index (χ2v) is 5.86. The Labute approximate surface area is 111 Å². The lowest BCUT2D eigenvalue weighted by Gasteiger charge is -2.11. The van der Waals surface area contributed by atoms with Crippen LogP contribution in [0.5, 0.6) is 5.75 Å². The van der Waals surface area contributed by atoms with Gasteiger partial charge >= 0.3 is 5.69 Å². The zero-order valence-corrected chi connectivity index (χ0v) is 11.0. The molecule has 0 amide bonds. The van der Waals surface area contributed by atoms with E-state index in [-0.39, 0.29) is 6.61 Å². The Bertz CT molecular complexity index is 605. The van der Waals surface area contributed by atoms with Crippen LogP contribution < -0.4 is 4.74 Å². The summed E-state index contributed by atoms with van der Waals surface area (Å²) in [6.07, 6.45) is -3.14. The fourth-order valence-electron chi connectivity index (χ4n) is 1.35. The van der Waals surface area contributed by atoms with Gasteiger partial charge in [0, 0.05) is 16.7 Å². The van der Waals surface area contributed by atoms with E-state index in [1.807, 2.05) is 0 Å². The lowest BCUT2D eigenvalue weighted by Crippen LogP contribution is -2.04. The van der Waals surface area contributed by atoms with Crippen molar-refractivity contribution >= 4 is 25.4 Å². The van der Waals surface area contributed by atoms with E-state index in [4.69, 9.17) is 15.4 Å². The van der Waals surface area contributed by atoms with Crippen molar-refractivity contribution in [1.82, 2.24) is 0 Å². The van der Waals surface area contributed by atoms with Crippen molar-refractivity contribution in [3.63, 3.8) is 0 Å². The van der Waals surface area contributed by atoms with Crippen LogP contribution >= 0.6 is 10.7 Å². The zero-order valence-electron chi connectivity index (χ0n) is 9.47. The van der Waals surface area contributed by atoms with Gasteiger partial charge in [0.25, 0.3) is 15.5 Å². The van der Waals surface area contributed by atoms with E-state index >= 15 is 0 Å². The lowest BCUT2D eigenvalue weighted by atomic mass is 10.2. The largest absolute Gasteiger partial charge is 0.487 e. The molecule has 0 heterocycles. The molecule has 0 spiro atoms. The Morgan fingerprint density at radius 2 is 2.05 bits per heavy atom. The number of hydrogen-bond donors (Lipinski definition) is 0. The van der Waals surface area contributed by atoms with Gasteiger partial charge in [0.1, 0.15) is 0 Å². The molecule has 10 heteroatoms. The standard InChI is InChI=1S/C9H8ClF2NO5S/c1-2-18-8-6(9(11)12)3-5(19(10,16)17)4-7(8)13(14)15/h3-4,9H,2H2,1H3. The summed E-state index contributed by atoms with van der Waals surface area (Å²) in [7, 11) is 0.638. The third kappa shape index (κ3) is 3.51. The van der Waals surface area contributed by atoms with E-state index < -0.39 is 42.3 Å². The van der Waals surface area contributed by atoms with Gasteiger partial charge in [-0.25, -0.2) is 17.2 Å². The minimum Gasteiger partial charge on any atom is -0.487 e. The van der Waals surface area contributed by atoms with Gasteiger partial charge in [-0.1, -0.05) is 0 Å². The van der Waals surface area contributed by atoms with E-state index in [1.54, 1.807) is 0 Å². The topological polar surface area (TPSA) is 86.5 Å². The maximum Gasteiger partial charge on any atom is 0.312 e. The Kier molecular flexibility index (Phi) is 4.64. The first kappa shape index (κ1) is 15.6. The summed E-state index contributed by atoms with van der Waals surface area (Å²) in [6.45, 7) is 1.36. The van der Waals surface area contributed by atoms with E-state index in [0.717, 1.165) is 0 Å². The van der Waals surface area contributed by atoms with Crippen molar-refractivity contribution in [2.75, 3.05) is 6.61 Å². The van der Waals surface area contributed by atoms with Crippen molar-refractivity contribution in [2.45, 2.75) is 18.2 Å². The van der Waals surface area contributed by atoms with Crippen LogP contribution in [0.15, 0.2) is 17.0 Å². The van der Waals surface area contributed by atoms with Crippen LogP contribution in [0, 0.1) is 10.1 Å². The first-order valence-corrected chi connectivity index (χ1v) is 7.17. The quantitative estimate of drug-likeness (QED) is 0.473. The highest BCUT2D eigenvalue weighted by molar-refractivity contribution is 8.13. The van der Waals surface area contributed by atoms with Crippen molar-refractivity contribution in [2.24, 2.45) is 0 Å². The van der Waals surface area contributed by atoms with Gasteiger partial charge in [-0.15, -0.1) is 0 Å². The summed E-state index contributed by atoms with van der Waals surface area (Å²) < 4.78 is 52.7. The van der Waals surface area contributed by atoms with E-state index in [0.29, 0.717) is 12.1 Å². The highest BCUT2D eigenvalue weighted by Crippen LogP contribution is 2.39. The summed E-state index contributed by atoms with van der Waals surface area (Å²) in [6, 6.07) is 1.14. The molecular formula is C9H8ClF2NO5S. The van der Waals surface area contributed by atoms with E-state index in [1.165, 1.54) is 6.92 Å². The molecule has 106 valence electrons. The fourth-order valence-corrected chi connectivity index (χ4v) is 2.14. The van der Waals surface area contributed by atoms with E-state index in [2.05, 4.69) is 0 Å². The van der Waals surface area contributed by atoms with Crippen LogP contribution in [0.3, 0.4) is 0 Å². The molecule has 0 radical (unpaired) electrons. The highest BCUT2D eigenvalue weighted by atomic mass is 35.7. The smallest absolute Gasteiger partial charge is 0.312 e. The summed E-state index contributed by atoms with van der Waals surface area (Å²) in [5, 5.41) is 10.8. The van der Waals surface area contributed by atoms with Crippen LogP contribution in [0.2, 0.25) is 0 Å². The fraction of sp³-hybridized carbons (Fsp3) is 0.333. The third-order valence-electron chi connectivity index (χ3n) is 2.07. The molecule has 0 atom stereocenters. The predicted molar refractivity (Wildman–Crippen MR) is 62.3 cm³/mol. The van der Waals surface area contributed by atoms with Crippen LogP contribution in [0.1, 0.15) is 18.9 Å². The highest BCUT2D eigenvalue weighted by Gasteiger charge is 2.28. The summed E-state index contributed by atoms with van der Waals surface area (Å²) >= 11 is 0. The van der Waals surface area contributed by atoms with Crippen LogP contribution in [-0.4, -0.2) is 19.9 Å². The molecular weight excluding hydrogens is 308 g/mol. The van der Waals surface area contributed by atoms with Crippen molar-refractivity contribution in [3.8, 4) is 5.75 Å². The number of benzene rings is 1. The average molecular weight is 316 g/mol. The number of nitro benzene ring substituents is 1. The zero-order chi connectivity index (χ0) is 14.8. The molecule has 0 aromatic heterocycles. The first-order valence-electron chi connectivity index (χ1n) is 4.86. The Hall–Kier alpha value is -1.48. The van der Waals surface area contributed by atoms with Crippen LogP contribution in [-0.2, 0) is 9.05 Å². The normalized spacial score (nSPS) is 11.6. The second-order valence-electron chi connectivity index (χ2n) is 3.29. The molecule has 1 aromatic rings. The number of nitrogens with zero attached hydrogens (tertiary/aromatic N) is 1. The minimum absolute atomic E-state index is 0.0898. The molecule has 0 aliphatic heterocycles. The summed E-state index contributed by atoms with van der Waals surface area (Å²) in [5.41, 5.74) is -1.77. The number of nitro groups is 1. The molecule has 0 aliphatic rings. The molecule has 0 saturated carbocycles. The van der Waals surface area contributed by atoms with Gasteiger partial charge in [-0.2, -0.15) is 0 Å². The van der Waals surface area contributed by atoms with Crippen LogP contribution in [0.4, 0.5) is 14.5 Å². The van der Waals surface area contributed by atoms with Gasteiger partial charge in [-0.3, -0.25) is 10.1 Å². The predicted octanol–water partition coefficient (Wildman–Crippen LogP) is 2.86. The molecule has 19 heavy (non-hydrogen) atoms. The molecule has 0 N–H and O–H groups in total. The summed E-state index contributed by atoms with van der Waals surface area (Å²) in [5.74, 6) is -0.661. The lowest BCUT2D eigenvalue weighted by molar-refractivity contribution is -0.386. The van der Waals surface area contributed by atoms with Crippen LogP contribution in [0.25, 0.3) is 0 Å². The maximum absolute atomic E-state index is 12.8. The average Bonchev–Trinajstić information content (AvgIpc) is 2.27. The van der Waals surface area contributed by atoms with Gasteiger partial charge in [-0.05, 0) is 13.0 Å². The molecule has 1 rings (SSSR count). The molecule has 0 bridgehead atoms. The van der Waals surface area contributed by atoms with Crippen molar-refractivity contribution < 1.29 is 26.9 Å². The van der Waals surface area contributed by atoms with Gasteiger partial charge in [0.05, 0.1) is 22.0 Å². The third-order valence-corrected chi connectivity index (χ3v) is 3.41. The van der Waals surface area contributed by atoms with Gasteiger partial charge < -0.3 is 4.74 Å². The number of alkyl halides is 2. The molecule has 0 fully saturated rings. The molecule has 0 aliphatic carbocycles. The number of halogens is 3. The van der Waals surface area contributed by atoms with Crippen molar-refractivity contribution in [1.29, 1.82) is 0 Å². The Morgan fingerprint density at radius 1 is 1.47 bits per heavy atom. The maximum atomic E-state index is 12.8. The monoisotopic (exact) mass is 315 g/mol. The number of ether oxygens (including phenoxy) is 1. The second kappa shape index (κ2) is 5.66. The SMILES string of the molecule is CCOc1c(C(F)F)cc(S(=O)(=O)Cl)cc1[N+](=O)[O-]. The van der Waals surface area contributed by atoms with E-state index in [9.17, 15) is 27.3 Å². The molecule has 1 aromatic carbocycles. The molecule has 0 unspecified atom stereocenters. The van der Waals surface area contributed by atoms with Crippen molar-refractivity contribution in [3.05, 3.63) is 27.8 Å². The number of hydrogen-bond acceptors (Lipinski definition) is 5. The molecule has 0 saturated heterocycles. The first-order chi connectivity index (χ1) is 8.68. The van der Waals surface area contributed by atoms with Gasteiger partial charge in [0.2, 0.25) is 5.75 Å². The van der Waals surface area contributed by atoms with Gasteiger partial charge in [0.15, 0.2) is 0 Å². The minimum atomic E-state index is -4.37. The Morgan fingerprint density at radius 3 is 2.42 bits per heavy atom.